The highest BCUT2D eigenvalue weighted by Gasteiger charge is 1.93. The van der Waals surface area contributed by atoms with Crippen LogP contribution in [0.15, 0.2) is 24.3 Å². The zero-order valence-corrected chi connectivity index (χ0v) is 11.3. The summed E-state index contributed by atoms with van der Waals surface area (Å²) >= 11 is 5.79. The summed E-state index contributed by atoms with van der Waals surface area (Å²) in [6, 6.07) is 8.83. The molecule has 1 rings (SSSR count). The van der Waals surface area contributed by atoms with Crippen LogP contribution in [0.4, 0.5) is 0 Å². The maximum absolute atomic E-state index is 3.44. The van der Waals surface area contributed by atoms with Crippen LogP contribution in [0.3, 0.4) is 0 Å². The zero-order valence-electron chi connectivity index (χ0n) is 7.60. The van der Waals surface area contributed by atoms with Crippen molar-refractivity contribution in [3.63, 3.8) is 0 Å². The number of aryl methyl sites for hydroxylation is 1. The van der Waals surface area contributed by atoms with Crippen molar-refractivity contribution in [2.45, 2.75) is 25.7 Å². The third kappa shape index (κ3) is 5.01. The molecule has 0 unspecified atom stereocenters. The lowest BCUT2D eigenvalue weighted by Gasteiger charge is -2.00. The molecule has 0 radical (unpaired) electrons. The SMILES string of the molecule is BrCCCCCc1ccc(I)cc1. The lowest BCUT2D eigenvalue weighted by atomic mass is 10.1. The Bertz CT molecular complexity index is 230. The number of hydrogen-bond acceptors (Lipinski definition) is 0. The molecule has 0 N–H and O–H groups in total. The van der Waals surface area contributed by atoms with E-state index < -0.39 is 0 Å². The second kappa shape index (κ2) is 6.82. The molecule has 0 heterocycles. The number of halogens is 2. The van der Waals surface area contributed by atoms with Crippen molar-refractivity contribution in [3.8, 4) is 0 Å². The molecule has 0 nitrogen and oxygen atoms in total. The van der Waals surface area contributed by atoms with Gasteiger partial charge in [0.15, 0.2) is 0 Å². The molecule has 0 aliphatic heterocycles. The molecule has 2 heteroatoms. The highest BCUT2D eigenvalue weighted by Crippen LogP contribution is 2.10. The van der Waals surface area contributed by atoms with E-state index in [0.29, 0.717) is 0 Å². The van der Waals surface area contributed by atoms with Gasteiger partial charge in [0, 0.05) is 8.90 Å². The quantitative estimate of drug-likeness (QED) is 0.418. The van der Waals surface area contributed by atoms with Crippen molar-refractivity contribution < 1.29 is 0 Å². The van der Waals surface area contributed by atoms with Gasteiger partial charge in [-0.1, -0.05) is 34.5 Å². The molecule has 0 fully saturated rings. The van der Waals surface area contributed by atoms with Gasteiger partial charge < -0.3 is 0 Å². The molecule has 0 atom stereocenters. The Balaban J connectivity index is 2.25. The van der Waals surface area contributed by atoms with E-state index in [-0.39, 0.29) is 0 Å². The van der Waals surface area contributed by atoms with Crippen molar-refractivity contribution >= 4 is 38.5 Å². The van der Waals surface area contributed by atoms with Crippen LogP contribution >= 0.6 is 38.5 Å². The van der Waals surface area contributed by atoms with E-state index in [1.54, 1.807) is 0 Å². The van der Waals surface area contributed by atoms with Gasteiger partial charge in [0.25, 0.3) is 0 Å². The fourth-order valence-corrected chi connectivity index (χ4v) is 2.01. The van der Waals surface area contributed by atoms with Gasteiger partial charge in [0.05, 0.1) is 0 Å². The average Bonchev–Trinajstić information content (AvgIpc) is 2.15. The summed E-state index contributed by atoms with van der Waals surface area (Å²) in [6.45, 7) is 0. The third-order valence-corrected chi connectivity index (χ3v) is 3.29. The Morgan fingerprint density at radius 3 is 2.31 bits per heavy atom. The van der Waals surface area contributed by atoms with Crippen molar-refractivity contribution in [2.75, 3.05) is 5.33 Å². The molecule has 0 aliphatic rings. The van der Waals surface area contributed by atoms with E-state index in [0.717, 1.165) is 5.33 Å². The minimum absolute atomic E-state index is 1.14. The van der Waals surface area contributed by atoms with Crippen LogP contribution in [-0.4, -0.2) is 5.33 Å². The fourth-order valence-electron chi connectivity index (χ4n) is 1.25. The smallest absolute Gasteiger partial charge is 0.0130 e. The van der Waals surface area contributed by atoms with Crippen LogP contribution in [0.5, 0.6) is 0 Å². The summed E-state index contributed by atoms with van der Waals surface area (Å²) < 4.78 is 1.32. The summed E-state index contributed by atoms with van der Waals surface area (Å²) in [5, 5.41) is 1.14. The lowest BCUT2D eigenvalue weighted by Crippen LogP contribution is -1.86. The first-order valence-electron chi connectivity index (χ1n) is 4.63. The van der Waals surface area contributed by atoms with Gasteiger partial charge in [-0.2, -0.15) is 0 Å². The fraction of sp³-hybridized carbons (Fsp3) is 0.455. The van der Waals surface area contributed by atoms with Gasteiger partial charge in [-0.15, -0.1) is 0 Å². The molecule has 0 spiro atoms. The Kier molecular flexibility index (Phi) is 6.04. The molecule has 1 aromatic rings. The normalized spacial score (nSPS) is 10.3. The van der Waals surface area contributed by atoms with Gasteiger partial charge >= 0.3 is 0 Å². The van der Waals surface area contributed by atoms with Crippen LogP contribution in [0.25, 0.3) is 0 Å². The molecular weight excluding hydrogens is 339 g/mol. The van der Waals surface area contributed by atoms with Crippen LogP contribution in [-0.2, 0) is 6.42 Å². The molecule has 1 aromatic carbocycles. The second-order valence-corrected chi connectivity index (χ2v) is 5.16. The monoisotopic (exact) mass is 352 g/mol. The molecule has 0 aliphatic carbocycles. The first-order chi connectivity index (χ1) is 6.33. The summed E-state index contributed by atoms with van der Waals surface area (Å²) in [5.41, 5.74) is 1.47. The van der Waals surface area contributed by atoms with Crippen LogP contribution in [0.1, 0.15) is 24.8 Å². The molecule has 0 amide bonds. The van der Waals surface area contributed by atoms with E-state index in [1.807, 2.05) is 0 Å². The first kappa shape index (κ1) is 11.5. The Morgan fingerprint density at radius 1 is 1.00 bits per heavy atom. The first-order valence-corrected chi connectivity index (χ1v) is 6.83. The van der Waals surface area contributed by atoms with Crippen LogP contribution in [0, 0.1) is 3.57 Å². The van der Waals surface area contributed by atoms with E-state index in [4.69, 9.17) is 0 Å². The maximum Gasteiger partial charge on any atom is 0.0130 e. The summed E-state index contributed by atoms with van der Waals surface area (Å²) in [5.74, 6) is 0. The van der Waals surface area contributed by atoms with Crippen molar-refractivity contribution in [2.24, 2.45) is 0 Å². The third-order valence-electron chi connectivity index (χ3n) is 2.01. The Hall–Kier alpha value is 0.430. The molecule has 72 valence electrons. The summed E-state index contributed by atoms with van der Waals surface area (Å²) in [7, 11) is 0. The Labute approximate surface area is 102 Å². The number of unbranched alkanes of at least 4 members (excludes halogenated alkanes) is 2. The number of hydrogen-bond donors (Lipinski definition) is 0. The van der Waals surface area contributed by atoms with Gasteiger partial charge in [0.2, 0.25) is 0 Å². The van der Waals surface area contributed by atoms with Crippen molar-refractivity contribution in [1.29, 1.82) is 0 Å². The standard InChI is InChI=1S/C11H14BrI/c12-9-3-1-2-4-10-5-7-11(13)8-6-10/h5-8H,1-4,9H2. The van der Waals surface area contributed by atoms with E-state index in [2.05, 4.69) is 62.8 Å². The molecular formula is C11H14BrI. The number of alkyl halides is 1. The molecule has 0 saturated heterocycles. The second-order valence-electron chi connectivity index (χ2n) is 3.13. The molecule has 0 bridgehead atoms. The minimum Gasteiger partial charge on any atom is -0.0928 e. The highest BCUT2D eigenvalue weighted by atomic mass is 127. The number of rotatable bonds is 5. The highest BCUT2D eigenvalue weighted by molar-refractivity contribution is 14.1. The van der Waals surface area contributed by atoms with E-state index in [9.17, 15) is 0 Å². The largest absolute Gasteiger partial charge is 0.0928 e. The molecule has 13 heavy (non-hydrogen) atoms. The number of benzene rings is 1. The maximum atomic E-state index is 3.44. The van der Waals surface area contributed by atoms with Crippen molar-refractivity contribution in [1.82, 2.24) is 0 Å². The predicted molar refractivity (Wildman–Crippen MR) is 70.5 cm³/mol. The minimum atomic E-state index is 1.14. The van der Waals surface area contributed by atoms with Crippen LogP contribution < -0.4 is 0 Å². The predicted octanol–water partition coefficient (Wildman–Crippen LogP) is 4.40. The lowest BCUT2D eigenvalue weighted by molar-refractivity contribution is 0.724. The van der Waals surface area contributed by atoms with E-state index in [1.165, 1.54) is 34.8 Å². The van der Waals surface area contributed by atoms with Gasteiger partial charge in [-0.25, -0.2) is 0 Å². The van der Waals surface area contributed by atoms with E-state index >= 15 is 0 Å². The summed E-state index contributed by atoms with van der Waals surface area (Å²) in [6.07, 6.45) is 5.16. The van der Waals surface area contributed by atoms with Gasteiger partial charge in [-0.05, 0) is 59.5 Å². The average molecular weight is 353 g/mol. The molecule has 0 saturated carbocycles. The Morgan fingerprint density at radius 2 is 1.69 bits per heavy atom. The molecule has 0 aromatic heterocycles. The topological polar surface area (TPSA) is 0 Å². The van der Waals surface area contributed by atoms with Gasteiger partial charge in [-0.3, -0.25) is 0 Å². The van der Waals surface area contributed by atoms with Crippen molar-refractivity contribution in [3.05, 3.63) is 33.4 Å². The zero-order chi connectivity index (χ0) is 9.52. The van der Waals surface area contributed by atoms with Gasteiger partial charge in [0.1, 0.15) is 0 Å². The van der Waals surface area contributed by atoms with Crippen LogP contribution in [0.2, 0.25) is 0 Å². The summed E-state index contributed by atoms with van der Waals surface area (Å²) in [4.78, 5) is 0.